The largest absolute Gasteiger partial charge is 0.384 e. The van der Waals surface area contributed by atoms with Crippen molar-refractivity contribution in [2.75, 3.05) is 17.7 Å². The molecule has 0 saturated heterocycles. The maximum absolute atomic E-state index is 8.66. The van der Waals surface area contributed by atoms with Gasteiger partial charge < -0.3 is 5.32 Å². The number of nitriles is 1. The molecule has 3 heteroatoms. The molecule has 1 aromatic carbocycles. The van der Waals surface area contributed by atoms with Crippen LogP contribution >= 0.6 is 11.6 Å². The molecule has 0 fully saturated rings. The number of halogens is 1. The van der Waals surface area contributed by atoms with E-state index in [4.69, 9.17) is 16.9 Å². The van der Waals surface area contributed by atoms with Crippen LogP contribution in [-0.4, -0.2) is 12.4 Å². The number of anilines is 1. The second-order valence-corrected chi connectivity index (χ2v) is 3.96. The van der Waals surface area contributed by atoms with Crippen LogP contribution in [0.25, 0.3) is 0 Å². The van der Waals surface area contributed by atoms with Gasteiger partial charge in [-0.3, -0.25) is 0 Å². The number of nitrogens with zero attached hydrogens (tertiary/aromatic N) is 1. The molecule has 0 aliphatic carbocycles. The monoisotopic (exact) mass is 252 g/mol. The molecule has 1 rings (SSSR count). The van der Waals surface area contributed by atoms with E-state index in [1.807, 2.05) is 25.1 Å². The minimum atomic E-state index is 0.703. The first-order valence-electron chi connectivity index (χ1n) is 6.09. The summed E-state index contributed by atoms with van der Waals surface area (Å²) in [5.41, 5.74) is 1.62. The zero-order chi connectivity index (χ0) is 12.9. The first-order valence-corrected chi connectivity index (χ1v) is 6.62. The summed E-state index contributed by atoms with van der Waals surface area (Å²) in [6, 6.07) is 9.60. The second-order valence-electron chi connectivity index (χ2n) is 3.58. The first kappa shape index (κ1) is 15.8. The van der Waals surface area contributed by atoms with Crippen molar-refractivity contribution in [2.45, 2.75) is 33.1 Å². The van der Waals surface area contributed by atoms with E-state index in [-0.39, 0.29) is 0 Å². The van der Waals surface area contributed by atoms with E-state index in [9.17, 15) is 0 Å². The molecule has 2 nitrogen and oxygen atoms in total. The van der Waals surface area contributed by atoms with E-state index in [0.717, 1.165) is 18.1 Å². The number of hydrogen-bond donors (Lipinski definition) is 1. The van der Waals surface area contributed by atoms with Gasteiger partial charge in [-0.2, -0.15) is 5.26 Å². The maximum atomic E-state index is 8.66. The Morgan fingerprint density at radius 1 is 1.24 bits per heavy atom. The van der Waals surface area contributed by atoms with Crippen molar-refractivity contribution in [3.8, 4) is 6.07 Å². The van der Waals surface area contributed by atoms with Crippen molar-refractivity contribution in [1.82, 2.24) is 0 Å². The number of rotatable bonds is 5. The minimum absolute atomic E-state index is 0.703. The molecule has 94 valence electrons. The van der Waals surface area contributed by atoms with E-state index in [2.05, 4.69) is 18.3 Å². The van der Waals surface area contributed by atoms with Crippen LogP contribution < -0.4 is 5.32 Å². The Bertz CT molecular complexity index is 327. The number of nitrogens with one attached hydrogen (secondary N) is 1. The number of alkyl halides is 1. The van der Waals surface area contributed by atoms with Gasteiger partial charge in [0.2, 0.25) is 0 Å². The minimum Gasteiger partial charge on any atom is -0.384 e. The average Bonchev–Trinajstić information content (AvgIpc) is 2.38. The quantitative estimate of drug-likeness (QED) is 0.623. The molecule has 0 saturated carbocycles. The van der Waals surface area contributed by atoms with Crippen LogP contribution in [-0.2, 0) is 0 Å². The average molecular weight is 253 g/mol. The summed E-state index contributed by atoms with van der Waals surface area (Å²) < 4.78 is 0. The van der Waals surface area contributed by atoms with E-state index < -0.39 is 0 Å². The molecule has 0 atom stereocenters. The van der Waals surface area contributed by atoms with Crippen molar-refractivity contribution < 1.29 is 0 Å². The van der Waals surface area contributed by atoms with Gasteiger partial charge in [0.1, 0.15) is 6.07 Å². The van der Waals surface area contributed by atoms with Gasteiger partial charge >= 0.3 is 0 Å². The Hall–Kier alpha value is -1.20. The highest BCUT2D eigenvalue weighted by Gasteiger charge is 1.95. The Balaban J connectivity index is 0.000000366. The summed E-state index contributed by atoms with van der Waals surface area (Å²) in [4.78, 5) is 0. The lowest BCUT2D eigenvalue weighted by Gasteiger charge is -2.03. The lowest BCUT2D eigenvalue weighted by atomic mass is 10.2. The van der Waals surface area contributed by atoms with Crippen molar-refractivity contribution in [3.63, 3.8) is 0 Å². The molecule has 17 heavy (non-hydrogen) atoms. The van der Waals surface area contributed by atoms with Crippen LogP contribution in [0.2, 0.25) is 0 Å². The molecule has 1 N–H and O–H groups in total. The summed E-state index contributed by atoms with van der Waals surface area (Å²) in [6.07, 6.45) is 3.73. The van der Waals surface area contributed by atoms with Gasteiger partial charge in [-0.05, 0) is 25.5 Å². The van der Waals surface area contributed by atoms with Gasteiger partial charge in [0.25, 0.3) is 0 Å². The Morgan fingerprint density at radius 3 is 2.41 bits per heavy atom. The molecule has 1 aromatic rings. The van der Waals surface area contributed by atoms with Gasteiger partial charge in [0.05, 0.1) is 11.3 Å². The zero-order valence-corrected chi connectivity index (χ0v) is 11.4. The molecule has 0 radical (unpaired) electrons. The van der Waals surface area contributed by atoms with E-state index in [1.54, 1.807) is 6.07 Å². The molecule has 0 aromatic heterocycles. The number of benzene rings is 1. The van der Waals surface area contributed by atoms with E-state index in [1.165, 1.54) is 19.3 Å². The van der Waals surface area contributed by atoms with Gasteiger partial charge in [-0.25, -0.2) is 0 Å². The smallest absolute Gasteiger partial charge is 0.101 e. The van der Waals surface area contributed by atoms with E-state index in [0.29, 0.717) is 5.56 Å². The zero-order valence-electron chi connectivity index (χ0n) is 10.7. The summed E-state index contributed by atoms with van der Waals surface area (Å²) in [5.74, 6) is 0.827. The van der Waals surface area contributed by atoms with Crippen LogP contribution in [0, 0.1) is 11.3 Å². The molecule has 0 bridgehead atoms. The van der Waals surface area contributed by atoms with Crippen LogP contribution in [0.15, 0.2) is 24.3 Å². The number of unbranched alkanes of at least 4 members (excludes halogenated alkanes) is 2. The topological polar surface area (TPSA) is 35.8 Å². The number of hydrogen-bond acceptors (Lipinski definition) is 2. The summed E-state index contributed by atoms with van der Waals surface area (Å²) in [6.45, 7) is 5.03. The predicted molar refractivity (Wildman–Crippen MR) is 75.6 cm³/mol. The van der Waals surface area contributed by atoms with Crippen molar-refractivity contribution in [3.05, 3.63) is 29.8 Å². The summed E-state index contributed by atoms with van der Waals surface area (Å²) in [7, 11) is 0. The van der Waals surface area contributed by atoms with E-state index >= 15 is 0 Å². The summed E-state index contributed by atoms with van der Waals surface area (Å²) >= 11 is 5.38. The molecule has 0 spiro atoms. The Labute approximate surface area is 110 Å². The lowest BCUT2D eigenvalue weighted by Crippen LogP contribution is -1.98. The highest BCUT2D eigenvalue weighted by atomic mass is 35.5. The standard InChI is InChI=1S/C9H10N2.C5H11Cl/c1-2-11-9-6-4-3-5-8(9)7-10;1-2-3-4-5-6/h3-6,11H,2H2,1H3;2-5H2,1H3. The molecule has 0 heterocycles. The highest BCUT2D eigenvalue weighted by molar-refractivity contribution is 6.17. The third-order valence-electron chi connectivity index (χ3n) is 2.15. The van der Waals surface area contributed by atoms with Crippen LogP contribution in [0.3, 0.4) is 0 Å². The first-order chi connectivity index (χ1) is 8.29. The maximum Gasteiger partial charge on any atom is 0.101 e. The van der Waals surface area contributed by atoms with Gasteiger partial charge in [0.15, 0.2) is 0 Å². The second kappa shape index (κ2) is 11.3. The number of para-hydroxylation sites is 1. The molecule has 0 aliphatic rings. The predicted octanol–water partition coefficient (Wildman–Crippen LogP) is 4.41. The van der Waals surface area contributed by atoms with Gasteiger partial charge in [-0.15, -0.1) is 11.6 Å². The molecule has 0 aliphatic heterocycles. The molecule has 0 amide bonds. The van der Waals surface area contributed by atoms with Gasteiger partial charge in [0, 0.05) is 12.4 Å². The third kappa shape index (κ3) is 7.65. The van der Waals surface area contributed by atoms with Crippen molar-refractivity contribution in [2.24, 2.45) is 0 Å². The highest BCUT2D eigenvalue weighted by Crippen LogP contribution is 2.12. The van der Waals surface area contributed by atoms with Crippen molar-refractivity contribution in [1.29, 1.82) is 5.26 Å². The fraction of sp³-hybridized carbons (Fsp3) is 0.500. The molecular formula is C14H21ClN2. The third-order valence-corrected chi connectivity index (χ3v) is 2.42. The van der Waals surface area contributed by atoms with Crippen molar-refractivity contribution >= 4 is 17.3 Å². The summed E-state index contributed by atoms with van der Waals surface area (Å²) in [5, 5.41) is 11.8. The Kier molecular flexibility index (Phi) is 10.5. The fourth-order valence-corrected chi connectivity index (χ4v) is 1.46. The van der Waals surface area contributed by atoms with Crippen LogP contribution in [0.1, 0.15) is 38.7 Å². The molecular weight excluding hydrogens is 232 g/mol. The van der Waals surface area contributed by atoms with Gasteiger partial charge in [-0.1, -0.05) is 31.9 Å². The Morgan fingerprint density at radius 2 is 1.94 bits per heavy atom. The fourth-order valence-electron chi connectivity index (χ4n) is 1.27. The van der Waals surface area contributed by atoms with Crippen LogP contribution in [0.4, 0.5) is 5.69 Å². The lowest BCUT2D eigenvalue weighted by molar-refractivity contribution is 0.776. The molecule has 0 unspecified atom stereocenters. The normalized spacial score (nSPS) is 8.82. The van der Waals surface area contributed by atoms with Crippen LogP contribution in [0.5, 0.6) is 0 Å². The SMILES string of the molecule is CCCCCCl.CCNc1ccccc1C#N.